The monoisotopic (exact) mass is 343 g/mol. The number of benzene rings is 1. The molecule has 0 atom stereocenters. The molecule has 0 unspecified atom stereocenters. The summed E-state index contributed by atoms with van der Waals surface area (Å²) >= 11 is 3.38. The van der Waals surface area contributed by atoms with Crippen LogP contribution in [0.15, 0.2) is 59.7 Å². The van der Waals surface area contributed by atoms with E-state index in [1.54, 1.807) is 23.5 Å². The number of pyridine rings is 1. The van der Waals surface area contributed by atoms with Crippen molar-refractivity contribution in [3.8, 4) is 0 Å². The lowest BCUT2D eigenvalue weighted by Crippen LogP contribution is -2.02. The second kappa shape index (κ2) is 6.49. The van der Waals surface area contributed by atoms with Gasteiger partial charge in [-0.25, -0.2) is 9.67 Å². The molecule has 5 nitrogen and oxygen atoms in total. The predicted molar refractivity (Wildman–Crippen MR) is 84.8 cm³/mol. The van der Waals surface area contributed by atoms with Crippen LogP contribution in [0.4, 0.5) is 5.69 Å². The summed E-state index contributed by atoms with van der Waals surface area (Å²) in [5.41, 5.74) is 3.26. The normalized spacial score (nSPS) is 10.5. The Balaban J connectivity index is 1.58. The van der Waals surface area contributed by atoms with Crippen LogP contribution in [0.2, 0.25) is 0 Å². The standard InChI is InChI=1S/C15H14BrN5/c16-13-3-6-15(18-7-13)8-19-14-4-1-12(2-5-14)9-21-11-17-10-20-21/h1-7,10-11,19H,8-9H2. The number of rotatable bonds is 5. The quantitative estimate of drug-likeness (QED) is 0.773. The van der Waals surface area contributed by atoms with E-state index in [9.17, 15) is 0 Å². The van der Waals surface area contributed by atoms with Gasteiger partial charge < -0.3 is 5.32 Å². The molecular weight excluding hydrogens is 330 g/mol. The first-order valence-electron chi connectivity index (χ1n) is 6.55. The number of anilines is 1. The van der Waals surface area contributed by atoms with Gasteiger partial charge in [-0.1, -0.05) is 12.1 Å². The van der Waals surface area contributed by atoms with Crippen LogP contribution < -0.4 is 5.32 Å². The van der Waals surface area contributed by atoms with Gasteiger partial charge in [0.25, 0.3) is 0 Å². The predicted octanol–water partition coefficient (Wildman–Crippen LogP) is 3.10. The molecule has 2 heterocycles. The van der Waals surface area contributed by atoms with E-state index in [0.717, 1.165) is 22.4 Å². The lowest BCUT2D eigenvalue weighted by molar-refractivity contribution is 0.685. The van der Waals surface area contributed by atoms with Crippen LogP contribution in [0.3, 0.4) is 0 Å². The maximum Gasteiger partial charge on any atom is 0.137 e. The Bertz CT molecular complexity index is 677. The SMILES string of the molecule is Brc1ccc(CNc2ccc(Cn3cncn3)cc2)nc1. The third kappa shape index (κ3) is 3.88. The molecule has 0 aliphatic heterocycles. The highest BCUT2D eigenvalue weighted by Gasteiger charge is 1.98. The Morgan fingerprint density at radius 3 is 2.62 bits per heavy atom. The van der Waals surface area contributed by atoms with Gasteiger partial charge >= 0.3 is 0 Å². The molecule has 0 saturated carbocycles. The molecule has 0 radical (unpaired) electrons. The highest BCUT2D eigenvalue weighted by atomic mass is 79.9. The fourth-order valence-corrected chi connectivity index (χ4v) is 2.17. The first-order chi connectivity index (χ1) is 10.3. The van der Waals surface area contributed by atoms with E-state index in [4.69, 9.17) is 0 Å². The third-order valence-corrected chi connectivity index (χ3v) is 3.50. The topological polar surface area (TPSA) is 55.6 Å². The van der Waals surface area contributed by atoms with Crippen LogP contribution in [0, 0.1) is 0 Å². The second-order valence-electron chi connectivity index (χ2n) is 4.61. The number of hydrogen-bond donors (Lipinski definition) is 1. The van der Waals surface area contributed by atoms with Crippen LogP contribution in [-0.4, -0.2) is 19.7 Å². The zero-order valence-corrected chi connectivity index (χ0v) is 12.9. The summed E-state index contributed by atoms with van der Waals surface area (Å²) in [6.07, 6.45) is 5.06. The maximum atomic E-state index is 4.33. The summed E-state index contributed by atoms with van der Waals surface area (Å²) in [6.45, 7) is 1.43. The zero-order valence-electron chi connectivity index (χ0n) is 11.3. The van der Waals surface area contributed by atoms with E-state index in [-0.39, 0.29) is 0 Å². The largest absolute Gasteiger partial charge is 0.379 e. The Morgan fingerprint density at radius 2 is 1.95 bits per heavy atom. The highest BCUT2D eigenvalue weighted by Crippen LogP contribution is 2.12. The molecule has 3 rings (SSSR count). The third-order valence-electron chi connectivity index (χ3n) is 3.03. The van der Waals surface area contributed by atoms with Gasteiger partial charge in [-0.05, 0) is 45.8 Å². The van der Waals surface area contributed by atoms with Gasteiger partial charge in [0.2, 0.25) is 0 Å². The minimum atomic E-state index is 0.704. The molecule has 0 fully saturated rings. The number of hydrogen-bond acceptors (Lipinski definition) is 4. The highest BCUT2D eigenvalue weighted by molar-refractivity contribution is 9.10. The van der Waals surface area contributed by atoms with Gasteiger partial charge in [0.1, 0.15) is 12.7 Å². The van der Waals surface area contributed by atoms with Gasteiger partial charge in [0.15, 0.2) is 0 Å². The average Bonchev–Trinajstić information content (AvgIpc) is 3.01. The number of halogens is 1. The van der Waals surface area contributed by atoms with Crippen LogP contribution >= 0.6 is 15.9 Å². The smallest absolute Gasteiger partial charge is 0.137 e. The van der Waals surface area contributed by atoms with Crippen LogP contribution in [-0.2, 0) is 13.1 Å². The van der Waals surface area contributed by atoms with E-state index in [1.807, 2.05) is 12.1 Å². The first-order valence-corrected chi connectivity index (χ1v) is 7.34. The number of nitrogens with zero attached hydrogens (tertiary/aromatic N) is 4. The van der Waals surface area contributed by atoms with Crippen LogP contribution in [0.25, 0.3) is 0 Å². The molecule has 1 N–H and O–H groups in total. The molecule has 0 amide bonds. The Morgan fingerprint density at radius 1 is 1.10 bits per heavy atom. The molecule has 6 heteroatoms. The van der Waals surface area contributed by atoms with Crippen molar-refractivity contribution in [2.75, 3.05) is 5.32 Å². The van der Waals surface area contributed by atoms with Crippen molar-refractivity contribution in [2.24, 2.45) is 0 Å². The molecule has 21 heavy (non-hydrogen) atoms. The van der Waals surface area contributed by atoms with Gasteiger partial charge in [-0.15, -0.1) is 0 Å². The molecular formula is C15H14BrN5. The van der Waals surface area contributed by atoms with E-state index in [0.29, 0.717) is 6.54 Å². The molecule has 3 aromatic rings. The zero-order chi connectivity index (χ0) is 14.5. The number of aromatic nitrogens is 4. The van der Waals surface area contributed by atoms with Gasteiger partial charge in [-0.3, -0.25) is 4.98 Å². The van der Waals surface area contributed by atoms with E-state index < -0.39 is 0 Å². The van der Waals surface area contributed by atoms with Gasteiger partial charge in [0.05, 0.1) is 18.8 Å². The summed E-state index contributed by atoms with van der Waals surface area (Å²) in [6, 6.07) is 12.3. The molecule has 0 spiro atoms. The van der Waals surface area contributed by atoms with Crippen molar-refractivity contribution >= 4 is 21.6 Å². The molecule has 0 bridgehead atoms. The maximum absolute atomic E-state index is 4.33. The molecule has 0 aliphatic carbocycles. The Labute approximate surface area is 131 Å². The lowest BCUT2D eigenvalue weighted by Gasteiger charge is -2.07. The van der Waals surface area contributed by atoms with E-state index in [1.165, 1.54) is 5.56 Å². The molecule has 2 aromatic heterocycles. The van der Waals surface area contributed by atoms with Crippen molar-refractivity contribution in [2.45, 2.75) is 13.1 Å². The summed E-state index contributed by atoms with van der Waals surface area (Å²) in [7, 11) is 0. The number of nitrogens with one attached hydrogen (secondary N) is 1. The Hall–Kier alpha value is -2.21. The van der Waals surface area contributed by atoms with Crippen molar-refractivity contribution in [1.29, 1.82) is 0 Å². The van der Waals surface area contributed by atoms with E-state index in [2.05, 4.69) is 60.6 Å². The first kappa shape index (κ1) is 13.8. The Kier molecular flexibility index (Phi) is 4.25. The van der Waals surface area contributed by atoms with Gasteiger partial charge in [-0.2, -0.15) is 5.10 Å². The molecule has 0 saturated heterocycles. The van der Waals surface area contributed by atoms with Crippen LogP contribution in [0.5, 0.6) is 0 Å². The summed E-state index contributed by atoms with van der Waals surface area (Å²) in [4.78, 5) is 8.27. The summed E-state index contributed by atoms with van der Waals surface area (Å²) in [5, 5.41) is 7.45. The minimum Gasteiger partial charge on any atom is -0.379 e. The molecule has 1 aromatic carbocycles. The molecule has 0 aliphatic rings. The fraction of sp³-hybridized carbons (Fsp3) is 0.133. The molecule has 106 valence electrons. The van der Waals surface area contributed by atoms with Crippen molar-refractivity contribution in [3.05, 3.63) is 71.0 Å². The van der Waals surface area contributed by atoms with Crippen molar-refractivity contribution < 1.29 is 0 Å². The fourth-order valence-electron chi connectivity index (χ4n) is 1.93. The minimum absolute atomic E-state index is 0.704. The van der Waals surface area contributed by atoms with E-state index >= 15 is 0 Å². The van der Waals surface area contributed by atoms with Gasteiger partial charge in [0, 0.05) is 16.4 Å². The lowest BCUT2D eigenvalue weighted by atomic mass is 10.2. The van der Waals surface area contributed by atoms with Crippen molar-refractivity contribution in [3.63, 3.8) is 0 Å². The van der Waals surface area contributed by atoms with Crippen molar-refractivity contribution in [1.82, 2.24) is 19.7 Å². The average molecular weight is 344 g/mol. The summed E-state index contributed by atoms with van der Waals surface area (Å²) in [5.74, 6) is 0. The second-order valence-corrected chi connectivity index (χ2v) is 5.53. The van der Waals surface area contributed by atoms with Crippen LogP contribution in [0.1, 0.15) is 11.3 Å². The summed E-state index contributed by atoms with van der Waals surface area (Å²) < 4.78 is 2.79.